The van der Waals surface area contributed by atoms with E-state index in [4.69, 9.17) is 0 Å². The number of nitrogens with zero attached hydrogens (tertiary/aromatic N) is 1. The number of esters is 1. The summed E-state index contributed by atoms with van der Waals surface area (Å²) < 4.78 is 41.5. The highest BCUT2D eigenvalue weighted by Gasteiger charge is 2.23. The fourth-order valence-electron chi connectivity index (χ4n) is 1.98. The molecule has 0 aromatic heterocycles. The first-order chi connectivity index (χ1) is 10.8. The molecule has 0 amide bonds. The van der Waals surface area contributed by atoms with Crippen LogP contribution in [0.2, 0.25) is 0 Å². The van der Waals surface area contributed by atoms with Crippen LogP contribution in [0.5, 0.6) is 0 Å². The molecular formula is C17H14F3NO2. The molecule has 0 aliphatic carbocycles. The Morgan fingerprint density at radius 2 is 1.74 bits per heavy atom. The van der Waals surface area contributed by atoms with Gasteiger partial charge in [-0.25, -0.2) is 4.79 Å². The fourth-order valence-corrected chi connectivity index (χ4v) is 1.98. The number of ether oxygens (including phenoxy) is 1. The third-order valence-corrected chi connectivity index (χ3v) is 3.08. The van der Waals surface area contributed by atoms with E-state index in [0.717, 1.165) is 11.1 Å². The lowest BCUT2D eigenvalue weighted by Gasteiger charge is -2.07. The molecule has 2 aromatic rings. The van der Waals surface area contributed by atoms with Crippen molar-refractivity contribution in [1.82, 2.24) is 0 Å². The Morgan fingerprint density at radius 1 is 1.09 bits per heavy atom. The van der Waals surface area contributed by atoms with E-state index < -0.39 is 12.1 Å². The van der Waals surface area contributed by atoms with Gasteiger partial charge in [0, 0.05) is 0 Å². The molecule has 0 N–H and O–H groups in total. The molecule has 0 heterocycles. The average Bonchev–Trinajstić information content (AvgIpc) is 2.52. The Morgan fingerprint density at radius 3 is 2.30 bits per heavy atom. The first-order valence-electron chi connectivity index (χ1n) is 6.71. The number of benzene rings is 2. The molecular weight excluding hydrogens is 307 g/mol. The Bertz CT molecular complexity index is 734. The second kappa shape index (κ2) is 6.64. The van der Waals surface area contributed by atoms with Gasteiger partial charge in [-0.3, -0.25) is 4.99 Å². The predicted molar refractivity (Wildman–Crippen MR) is 82.2 cm³/mol. The van der Waals surface area contributed by atoms with Crippen LogP contribution >= 0.6 is 0 Å². The van der Waals surface area contributed by atoms with Crippen LogP contribution in [0.25, 0.3) is 11.1 Å². The van der Waals surface area contributed by atoms with E-state index in [0.29, 0.717) is 5.56 Å². The summed E-state index contributed by atoms with van der Waals surface area (Å²) in [6.45, 7) is 1.92. The minimum absolute atomic E-state index is 0.0285. The molecule has 0 saturated heterocycles. The molecule has 0 fully saturated rings. The highest BCUT2D eigenvalue weighted by Crippen LogP contribution is 2.28. The zero-order valence-corrected chi connectivity index (χ0v) is 12.5. The fraction of sp³-hybridized carbons (Fsp3) is 0.176. The minimum Gasteiger partial charge on any atom is -0.465 e. The second-order valence-corrected chi connectivity index (χ2v) is 4.93. The first-order valence-corrected chi connectivity index (χ1v) is 6.71. The largest absolute Gasteiger partial charge is 0.465 e. The molecule has 0 aliphatic heterocycles. The monoisotopic (exact) mass is 321 g/mol. The topological polar surface area (TPSA) is 38.7 Å². The molecule has 0 radical (unpaired) electrons. The van der Waals surface area contributed by atoms with Gasteiger partial charge in [0.1, 0.15) is 6.21 Å². The van der Waals surface area contributed by atoms with Crippen LogP contribution in [-0.4, -0.2) is 25.5 Å². The van der Waals surface area contributed by atoms with Crippen LogP contribution < -0.4 is 0 Å². The number of alkyl halides is 3. The van der Waals surface area contributed by atoms with Crippen LogP contribution in [-0.2, 0) is 4.74 Å². The van der Waals surface area contributed by atoms with Gasteiger partial charge < -0.3 is 4.74 Å². The summed E-state index contributed by atoms with van der Waals surface area (Å²) in [4.78, 5) is 15.1. The van der Waals surface area contributed by atoms with Gasteiger partial charge in [-0.2, -0.15) is 13.2 Å². The molecule has 2 aromatic carbocycles. The van der Waals surface area contributed by atoms with Gasteiger partial charge in [-0.05, 0) is 36.2 Å². The highest BCUT2D eigenvalue weighted by atomic mass is 19.4. The van der Waals surface area contributed by atoms with Crippen molar-refractivity contribution in [2.24, 2.45) is 4.99 Å². The van der Waals surface area contributed by atoms with Crippen molar-refractivity contribution < 1.29 is 22.7 Å². The molecule has 0 unspecified atom stereocenters. The van der Waals surface area contributed by atoms with Crippen molar-refractivity contribution in [3.63, 3.8) is 0 Å². The van der Waals surface area contributed by atoms with Crippen LogP contribution in [0.3, 0.4) is 0 Å². The quantitative estimate of drug-likeness (QED) is 0.606. The van der Waals surface area contributed by atoms with Crippen LogP contribution in [0.4, 0.5) is 18.9 Å². The van der Waals surface area contributed by atoms with Gasteiger partial charge in [0.2, 0.25) is 0 Å². The SMILES string of the molecule is COC(=O)c1cc(N=CC(F)(F)F)cc(-c2ccc(C)cc2)c1. The van der Waals surface area contributed by atoms with Gasteiger partial charge in [0.05, 0.1) is 18.4 Å². The summed E-state index contributed by atoms with van der Waals surface area (Å²) in [7, 11) is 1.21. The van der Waals surface area contributed by atoms with Gasteiger partial charge in [-0.15, -0.1) is 0 Å². The second-order valence-electron chi connectivity index (χ2n) is 4.93. The van der Waals surface area contributed by atoms with E-state index in [-0.39, 0.29) is 17.5 Å². The van der Waals surface area contributed by atoms with Crippen molar-refractivity contribution in [2.75, 3.05) is 7.11 Å². The van der Waals surface area contributed by atoms with Crippen LogP contribution in [0.15, 0.2) is 47.5 Å². The first kappa shape index (κ1) is 16.7. The normalized spacial score (nSPS) is 11.7. The Labute approximate surface area is 131 Å². The maximum Gasteiger partial charge on any atom is 0.426 e. The summed E-state index contributed by atoms with van der Waals surface area (Å²) in [6.07, 6.45) is -4.63. The summed E-state index contributed by atoms with van der Waals surface area (Å²) in [5.74, 6) is -0.637. The molecule has 0 bridgehead atoms. The third kappa shape index (κ3) is 4.67. The maximum atomic E-state index is 12.3. The van der Waals surface area contributed by atoms with Crippen LogP contribution in [0, 0.1) is 6.92 Å². The lowest BCUT2D eigenvalue weighted by molar-refractivity contribution is -0.0535. The number of carbonyl (C=O) groups excluding carboxylic acids is 1. The molecule has 0 atom stereocenters. The number of hydrogen-bond donors (Lipinski definition) is 0. The summed E-state index contributed by atoms with van der Waals surface area (Å²) in [5, 5.41) is 0. The number of aryl methyl sites for hydroxylation is 1. The maximum absolute atomic E-state index is 12.3. The standard InChI is InChI=1S/C17H14F3NO2/c1-11-3-5-12(6-4-11)13-7-14(16(22)23-2)9-15(8-13)21-10-17(18,19)20/h3-10H,1-2H3. The molecule has 120 valence electrons. The van der Waals surface area contributed by atoms with Crippen molar-refractivity contribution in [3.8, 4) is 11.1 Å². The lowest BCUT2D eigenvalue weighted by atomic mass is 10.0. The molecule has 6 heteroatoms. The number of rotatable bonds is 3. The molecule has 2 rings (SSSR count). The van der Waals surface area contributed by atoms with E-state index in [1.807, 2.05) is 31.2 Å². The molecule has 0 saturated carbocycles. The highest BCUT2D eigenvalue weighted by molar-refractivity contribution is 5.92. The molecule has 3 nitrogen and oxygen atoms in total. The van der Waals surface area contributed by atoms with E-state index >= 15 is 0 Å². The zero-order valence-electron chi connectivity index (χ0n) is 12.5. The Balaban J connectivity index is 2.51. The zero-order chi connectivity index (χ0) is 17.0. The van der Waals surface area contributed by atoms with Crippen molar-refractivity contribution in [2.45, 2.75) is 13.1 Å². The number of halogens is 3. The lowest BCUT2D eigenvalue weighted by Crippen LogP contribution is -2.08. The van der Waals surface area contributed by atoms with E-state index in [2.05, 4.69) is 9.73 Å². The number of carbonyl (C=O) groups is 1. The molecule has 0 aliphatic rings. The molecule has 23 heavy (non-hydrogen) atoms. The summed E-state index contributed by atoms with van der Waals surface area (Å²) in [5.41, 5.74) is 2.57. The van der Waals surface area contributed by atoms with E-state index in [1.165, 1.54) is 19.2 Å². The summed E-state index contributed by atoms with van der Waals surface area (Å²) in [6, 6.07) is 11.7. The van der Waals surface area contributed by atoms with Crippen molar-refractivity contribution in [3.05, 3.63) is 53.6 Å². The van der Waals surface area contributed by atoms with Crippen molar-refractivity contribution in [1.29, 1.82) is 0 Å². The summed E-state index contributed by atoms with van der Waals surface area (Å²) >= 11 is 0. The minimum atomic E-state index is -4.52. The van der Waals surface area contributed by atoms with Gasteiger partial charge >= 0.3 is 12.1 Å². The third-order valence-electron chi connectivity index (χ3n) is 3.08. The van der Waals surface area contributed by atoms with Crippen molar-refractivity contribution >= 4 is 17.9 Å². The smallest absolute Gasteiger partial charge is 0.426 e. The predicted octanol–water partition coefficient (Wildman–Crippen LogP) is 4.71. The van der Waals surface area contributed by atoms with Gasteiger partial charge in [0.15, 0.2) is 0 Å². The number of aliphatic imine (C=N–C) groups is 1. The van der Waals surface area contributed by atoms with Gasteiger partial charge in [0.25, 0.3) is 0 Å². The molecule has 0 spiro atoms. The Hall–Kier alpha value is -2.63. The number of methoxy groups -OCH3 is 1. The van der Waals surface area contributed by atoms with Gasteiger partial charge in [-0.1, -0.05) is 29.8 Å². The average molecular weight is 321 g/mol. The van der Waals surface area contributed by atoms with E-state index in [1.54, 1.807) is 6.07 Å². The number of hydrogen-bond acceptors (Lipinski definition) is 3. The van der Waals surface area contributed by atoms with E-state index in [9.17, 15) is 18.0 Å². The van der Waals surface area contributed by atoms with Crippen LogP contribution in [0.1, 0.15) is 15.9 Å². The Kier molecular flexibility index (Phi) is 4.83.